The molecule has 1 aromatic rings. The van der Waals surface area contributed by atoms with Crippen LogP contribution < -0.4 is 15.4 Å². The highest BCUT2D eigenvalue weighted by Gasteiger charge is 2.64. The molecule has 2 heterocycles. The largest absolute Gasteiger partial charge is 0.425 e. The highest BCUT2D eigenvalue weighted by atomic mass is 16.5. The number of hydrogen-bond donors (Lipinski definition) is 2. The first-order valence-corrected chi connectivity index (χ1v) is 10.3. The quantitative estimate of drug-likeness (QED) is 0.450. The number of carbonyl (C=O) groups is 3. The Balaban J connectivity index is 1.85. The minimum Gasteiger partial charge on any atom is -0.425 e. The summed E-state index contributed by atoms with van der Waals surface area (Å²) >= 11 is 0. The zero-order valence-electron chi connectivity index (χ0n) is 17.9. The second kappa shape index (κ2) is 7.44. The van der Waals surface area contributed by atoms with Gasteiger partial charge in [0.25, 0.3) is 5.91 Å². The molecular formula is C22H31N3O4. The lowest BCUT2D eigenvalue weighted by Crippen LogP contribution is -2.74. The molecule has 2 aliphatic heterocycles. The maximum atomic E-state index is 13.5. The lowest BCUT2D eigenvalue weighted by atomic mass is 9.61. The number of nitrogens with zero attached hydrogens (tertiary/aromatic N) is 1. The van der Waals surface area contributed by atoms with Crippen molar-refractivity contribution in [2.45, 2.75) is 70.5 Å². The van der Waals surface area contributed by atoms with Crippen molar-refractivity contribution in [3.63, 3.8) is 0 Å². The maximum absolute atomic E-state index is 13.5. The number of benzene rings is 1. The van der Waals surface area contributed by atoms with Crippen molar-refractivity contribution in [3.05, 3.63) is 30.3 Å². The molecule has 0 aliphatic carbocycles. The molecule has 4 atom stereocenters. The number of carbonyl (C=O) groups excluding carboxylic acids is 3. The van der Waals surface area contributed by atoms with E-state index < -0.39 is 24.1 Å². The van der Waals surface area contributed by atoms with Gasteiger partial charge in [-0.25, -0.2) is 9.59 Å². The van der Waals surface area contributed by atoms with Gasteiger partial charge in [-0.05, 0) is 45.2 Å². The van der Waals surface area contributed by atoms with Crippen LogP contribution in [-0.4, -0.2) is 46.0 Å². The van der Waals surface area contributed by atoms with Gasteiger partial charge in [0.2, 0.25) is 0 Å². The number of rotatable bonds is 5. The highest BCUT2D eigenvalue weighted by molar-refractivity contribution is 6.09. The number of amides is 3. The number of urea groups is 1. The van der Waals surface area contributed by atoms with Crippen LogP contribution in [0.25, 0.3) is 0 Å². The number of imide groups is 1. The van der Waals surface area contributed by atoms with Crippen molar-refractivity contribution < 1.29 is 19.1 Å². The van der Waals surface area contributed by atoms with Crippen molar-refractivity contribution in [1.82, 2.24) is 15.5 Å². The molecule has 29 heavy (non-hydrogen) atoms. The smallest absolute Gasteiger partial charge is 0.331 e. The van der Waals surface area contributed by atoms with Crippen molar-refractivity contribution in [1.29, 1.82) is 0 Å². The number of ether oxygens (including phenoxy) is 1. The summed E-state index contributed by atoms with van der Waals surface area (Å²) in [6.07, 6.45) is 2.10. The second-order valence-electron chi connectivity index (χ2n) is 8.79. The summed E-state index contributed by atoms with van der Waals surface area (Å²) in [6, 6.07) is 8.08. The SMILES string of the molecule is CCC1(C)CC2(NC(=O)N(CC(=O)Oc3ccccc3)C2=O)C(C)C(C)(CC)N1. The molecule has 2 saturated heterocycles. The van der Waals surface area contributed by atoms with Gasteiger partial charge in [-0.2, -0.15) is 0 Å². The van der Waals surface area contributed by atoms with Gasteiger partial charge in [-0.15, -0.1) is 0 Å². The van der Waals surface area contributed by atoms with Gasteiger partial charge in [0.05, 0.1) is 0 Å². The van der Waals surface area contributed by atoms with Gasteiger partial charge in [0.1, 0.15) is 17.8 Å². The van der Waals surface area contributed by atoms with E-state index in [1.54, 1.807) is 24.3 Å². The van der Waals surface area contributed by atoms with E-state index in [-0.39, 0.29) is 22.9 Å². The first kappa shape index (κ1) is 21.3. The first-order valence-electron chi connectivity index (χ1n) is 10.3. The Labute approximate surface area is 172 Å². The van der Waals surface area contributed by atoms with Crippen molar-refractivity contribution in [3.8, 4) is 5.75 Å². The Bertz CT molecular complexity index is 814. The third-order valence-electron chi connectivity index (χ3n) is 6.93. The summed E-state index contributed by atoms with van der Waals surface area (Å²) in [5.41, 5.74) is -1.67. The van der Waals surface area contributed by atoms with E-state index in [0.29, 0.717) is 12.2 Å². The molecule has 2 N–H and O–H groups in total. The average Bonchev–Trinajstić information content (AvgIpc) is 2.91. The van der Waals surface area contributed by atoms with Crippen LogP contribution in [-0.2, 0) is 9.59 Å². The van der Waals surface area contributed by atoms with Crippen molar-refractivity contribution >= 4 is 17.9 Å². The number of hydrogen-bond acceptors (Lipinski definition) is 5. The number of nitrogens with one attached hydrogen (secondary N) is 2. The maximum Gasteiger partial charge on any atom is 0.331 e. The van der Waals surface area contributed by atoms with E-state index >= 15 is 0 Å². The minimum atomic E-state index is -1.04. The van der Waals surface area contributed by atoms with Crippen LogP contribution in [0.4, 0.5) is 4.79 Å². The van der Waals surface area contributed by atoms with Crippen LogP contribution in [0.2, 0.25) is 0 Å². The Kier molecular flexibility index (Phi) is 5.47. The number of piperidine rings is 1. The fraction of sp³-hybridized carbons (Fsp3) is 0.591. The van der Waals surface area contributed by atoms with Gasteiger partial charge < -0.3 is 15.4 Å². The molecule has 0 aromatic heterocycles. The zero-order chi connectivity index (χ0) is 21.4. The molecule has 1 spiro atoms. The Morgan fingerprint density at radius 1 is 1.17 bits per heavy atom. The molecule has 2 fully saturated rings. The van der Waals surface area contributed by atoms with Gasteiger partial charge >= 0.3 is 12.0 Å². The standard InChI is InChI=1S/C22H31N3O4/c1-6-20(4)14-22(15(3)21(5,7-2)24-20)18(27)25(19(28)23-22)13-17(26)29-16-11-9-8-10-12-16/h8-12,15,24H,6-7,13-14H2,1-5H3,(H,23,28). The van der Waals surface area contributed by atoms with Crippen LogP contribution in [0.3, 0.4) is 0 Å². The van der Waals surface area contributed by atoms with Crippen LogP contribution in [0.1, 0.15) is 53.9 Å². The Morgan fingerprint density at radius 3 is 2.41 bits per heavy atom. The van der Waals surface area contributed by atoms with Gasteiger partial charge in [-0.1, -0.05) is 39.0 Å². The zero-order valence-corrected chi connectivity index (χ0v) is 17.9. The fourth-order valence-electron chi connectivity index (χ4n) is 4.75. The normalized spacial score (nSPS) is 34.4. The molecule has 2 aliphatic rings. The monoisotopic (exact) mass is 401 g/mol. The summed E-state index contributed by atoms with van der Waals surface area (Å²) in [6.45, 7) is 9.92. The molecular weight excluding hydrogens is 370 g/mol. The van der Waals surface area contributed by atoms with E-state index in [2.05, 4.69) is 38.3 Å². The van der Waals surface area contributed by atoms with E-state index in [1.807, 2.05) is 13.0 Å². The molecule has 0 radical (unpaired) electrons. The van der Waals surface area contributed by atoms with Gasteiger partial charge in [0.15, 0.2) is 0 Å². The predicted octanol–water partition coefficient (Wildman–Crippen LogP) is 2.85. The molecule has 3 amide bonds. The summed E-state index contributed by atoms with van der Waals surface area (Å²) in [4.78, 5) is 39.6. The molecule has 7 nitrogen and oxygen atoms in total. The van der Waals surface area contributed by atoms with Gasteiger partial charge in [0, 0.05) is 17.0 Å². The van der Waals surface area contributed by atoms with Crippen LogP contribution in [0.15, 0.2) is 30.3 Å². The average molecular weight is 402 g/mol. The highest BCUT2D eigenvalue weighted by Crippen LogP contribution is 2.46. The predicted molar refractivity (Wildman–Crippen MR) is 109 cm³/mol. The lowest BCUT2D eigenvalue weighted by Gasteiger charge is -2.56. The van der Waals surface area contributed by atoms with E-state index in [9.17, 15) is 14.4 Å². The van der Waals surface area contributed by atoms with Crippen LogP contribution in [0, 0.1) is 5.92 Å². The summed E-state index contributed by atoms with van der Waals surface area (Å²) in [5.74, 6) is -0.756. The van der Waals surface area contributed by atoms with Crippen molar-refractivity contribution in [2.75, 3.05) is 6.54 Å². The Hall–Kier alpha value is -2.41. The number of para-hydroxylation sites is 1. The molecule has 158 valence electrons. The van der Waals surface area contributed by atoms with Crippen LogP contribution >= 0.6 is 0 Å². The Morgan fingerprint density at radius 2 is 1.83 bits per heavy atom. The third-order valence-corrected chi connectivity index (χ3v) is 6.93. The molecule has 0 saturated carbocycles. The van der Waals surface area contributed by atoms with E-state index in [4.69, 9.17) is 4.74 Å². The first-order chi connectivity index (χ1) is 13.6. The topological polar surface area (TPSA) is 87.7 Å². The van der Waals surface area contributed by atoms with Gasteiger partial charge in [-0.3, -0.25) is 9.69 Å². The fourth-order valence-corrected chi connectivity index (χ4v) is 4.75. The molecule has 1 aromatic carbocycles. The summed E-state index contributed by atoms with van der Waals surface area (Å²) in [5, 5.41) is 6.67. The van der Waals surface area contributed by atoms with Crippen molar-refractivity contribution in [2.24, 2.45) is 5.92 Å². The second-order valence-corrected chi connectivity index (χ2v) is 8.79. The molecule has 0 bridgehead atoms. The minimum absolute atomic E-state index is 0.147. The van der Waals surface area contributed by atoms with Crippen LogP contribution in [0.5, 0.6) is 5.75 Å². The molecule has 7 heteroatoms. The van der Waals surface area contributed by atoms with E-state index in [1.165, 1.54) is 0 Å². The molecule has 3 rings (SSSR count). The molecule has 4 unspecified atom stereocenters. The lowest BCUT2D eigenvalue weighted by molar-refractivity contribution is -0.144. The third kappa shape index (κ3) is 3.64. The number of esters is 1. The van der Waals surface area contributed by atoms with E-state index in [0.717, 1.165) is 17.7 Å². The summed E-state index contributed by atoms with van der Waals surface area (Å²) in [7, 11) is 0. The summed E-state index contributed by atoms with van der Waals surface area (Å²) < 4.78 is 5.27.